The molecule has 114 valence electrons. The van der Waals surface area contributed by atoms with Gasteiger partial charge in [-0.1, -0.05) is 11.6 Å². The van der Waals surface area contributed by atoms with E-state index in [9.17, 15) is 0 Å². The van der Waals surface area contributed by atoms with Gasteiger partial charge in [0.05, 0.1) is 13.2 Å². The lowest BCUT2D eigenvalue weighted by molar-refractivity contribution is 0.153. The molecule has 0 radical (unpaired) electrons. The van der Waals surface area contributed by atoms with Crippen LogP contribution in [-0.4, -0.2) is 19.8 Å². The highest BCUT2D eigenvalue weighted by molar-refractivity contribution is 6.30. The van der Waals surface area contributed by atoms with Crippen LogP contribution in [-0.2, 0) is 4.74 Å². The third-order valence-electron chi connectivity index (χ3n) is 4.58. The van der Waals surface area contributed by atoms with E-state index in [0.717, 1.165) is 54.7 Å². The van der Waals surface area contributed by atoms with Crippen molar-refractivity contribution >= 4 is 17.3 Å². The van der Waals surface area contributed by atoms with Crippen molar-refractivity contribution in [1.82, 2.24) is 0 Å². The predicted molar refractivity (Wildman–Crippen MR) is 87.7 cm³/mol. The van der Waals surface area contributed by atoms with Crippen molar-refractivity contribution in [1.29, 1.82) is 0 Å². The molecule has 2 aromatic rings. The molecular weight excluding hydrogens is 298 g/mol. The van der Waals surface area contributed by atoms with Crippen LogP contribution in [0, 0.1) is 17.8 Å². The number of fused-ring (bicyclic) bond motifs is 1. The SMILES string of the molecule is Clc1ccc(Oc2ccc(NCC3C4COCC34)cc2)cc1. The van der Waals surface area contributed by atoms with Crippen LogP contribution in [0.1, 0.15) is 0 Å². The molecule has 0 amide bonds. The summed E-state index contributed by atoms with van der Waals surface area (Å²) in [6.45, 7) is 2.94. The Morgan fingerprint density at radius 1 is 0.955 bits per heavy atom. The number of hydrogen-bond donors (Lipinski definition) is 1. The van der Waals surface area contributed by atoms with Gasteiger partial charge in [0.1, 0.15) is 11.5 Å². The van der Waals surface area contributed by atoms with Crippen LogP contribution in [0.3, 0.4) is 0 Å². The molecule has 2 aliphatic rings. The number of halogens is 1. The summed E-state index contributed by atoms with van der Waals surface area (Å²) in [4.78, 5) is 0. The fraction of sp³-hybridized carbons (Fsp3) is 0.333. The van der Waals surface area contributed by atoms with E-state index in [0.29, 0.717) is 5.02 Å². The van der Waals surface area contributed by atoms with E-state index in [-0.39, 0.29) is 0 Å². The van der Waals surface area contributed by atoms with Gasteiger partial charge in [-0.3, -0.25) is 0 Å². The molecule has 22 heavy (non-hydrogen) atoms. The minimum atomic E-state index is 0.710. The molecule has 1 aliphatic heterocycles. The smallest absolute Gasteiger partial charge is 0.127 e. The summed E-state index contributed by atoms with van der Waals surface area (Å²) < 4.78 is 11.2. The Labute approximate surface area is 135 Å². The van der Waals surface area contributed by atoms with Crippen LogP contribution >= 0.6 is 11.6 Å². The first-order valence-electron chi connectivity index (χ1n) is 7.65. The Morgan fingerprint density at radius 3 is 2.18 bits per heavy atom. The molecule has 2 fully saturated rings. The Balaban J connectivity index is 1.31. The van der Waals surface area contributed by atoms with E-state index in [1.807, 2.05) is 36.4 Å². The van der Waals surface area contributed by atoms with E-state index in [2.05, 4.69) is 17.4 Å². The van der Waals surface area contributed by atoms with Crippen molar-refractivity contribution in [3.63, 3.8) is 0 Å². The maximum atomic E-state index is 5.86. The summed E-state index contributed by atoms with van der Waals surface area (Å²) in [6.07, 6.45) is 0. The average molecular weight is 316 g/mol. The monoisotopic (exact) mass is 315 g/mol. The lowest BCUT2D eigenvalue weighted by atomic mass is 10.2. The van der Waals surface area contributed by atoms with E-state index >= 15 is 0 Å². The topological polar surface area (TPSA) is 30.5 Å². The number of nitrogens with one attached hydrogen (secondary N) is 1. The lowest BCUT2D eigenvalue weighted by Gasteiger charge is -2.10. The van der Waals surface area contributed by atoms with Crippen LogP contribution in [0.2, 0.25) is 5.02 Å². The van der Waals surface area contributed by atoms with Crippen molar-refractivity contribution in [3.05, 3.63) is 53.6 Å². The molecule has 1 aliphatic carbocycles. The minimum Gasteiger partial charge on any atom is -0.457 e. The molecular formula is C18H18ClNO2. The van der Waals surface area contributed by atoms with Gasteiger partial charge in [0.2, 0.25) is 0 Å². The zero-order valence-electron chi connectivity index (χ0n) is 12.2. The van der Waals surface area contributed by atoms with Gasteiger partial charge in [-0.15, -0.1) is 0 Å². The standard InChI is InChI=1S/C18H18ClNO2/c19-12-1-5-14(6-2-12)22-15-7-3-13(4-8-15)20-9-16-17-10-21-11-18(16)17/h1-8,16-18,20H,9-11H2. The van der Waals surface area contributed by atoms with Crippen molar-refractivity contribution in [2.75, 3.05) is 25.1 Å². The third-order valence-corrected chi connectivity index (χ3v) is 4.83. The van der Waals surface area contributed by atoms with Gasteiger partial charge in [0, 0.05) is 17.3 Å². The van der Waals surface area contributed by atoms with E-state index in [4.69, 9.17) is 21.1 Å². The van der Waals surface area contributed by atoms with Crippen LogP contribution in [0.4, 0.5) is 5.69 Å². The minimum absolute atomic E-state index is 0.710. The molecule has 1 saturated heterocycles. The van der Waals surface area contributed by atoms with Gasteiger partial charge in [0.25, 0.3) is 0 Å². The zero-order chi connectivity index (χ0) is 14.9. The first-order chi connectivity index (χ1) is 10.8. The summed E-state index contributed by atoms with van der Waals surface area (Å²) in [5, 5.41) is 4.22. The predicted octanol–water partition coefficient (Wildman–Crippen LogP) is 4.44. The first kappa shape index (κ1) is 13.9. The van der Waals surface area contributed by atoms with Crippen molar-refractivity contribution in [2.45, 2.75) is 0 Å². The molecule has 2 aromatic carbocycles. The van der Waals surface area contributed by atoms with Gasteiger partial charge >= 0.3 is 0 Å². The summed E-state index contributed by atoms with van der Waals surface area (Å²) in [5.41, 5.74) is 1.13. The van der Waals surface area contributed by atoms with Crippen molar-refractivity contribution in [2.24, 2.45) is 17.8 Å². The maximum Gasteiger partial charge on any atom is 0.127 e. The molecule has 4 rings (SSSR count). The van der Waals surface area contributed by atoms with Crippen molar-refractivity contribution in [3.8, 4) is 11.5 Å². The van der Waals surface area contributed by atoms with Crippen LogP contribution in [0.5, 0.6) is 11.5 Å². The Hall–Kier alpha value is -1.71. The summed E-state index contributed by atoms with van der Waals surface area (Å²) in [5.74, 6) is 3.99. The van der Waals surface area contributed by atoms with Crippen LogP contribution < -0.4 is 10.1 Å². The number of ether oxygens (including phenoxy) is 2. The molecule has 3 nitrogen and oxygen atoms in total. The van der Waals surface area contributed by atoms with Crippen LogP contribution in [0.15, 0.2) is 48.5 Å². The second kappa shape index (κ2) is 5.82. The number of hydrogen-bond acceptors (Lipinski definition) is 3. The van der Waals surface area contributed by atoms with Crippen molar-refractivity contribution < 1.29 is 9.47 Å². The molecule has 2 unspecified atom stereocenters. The summed E-state index contributed by atoms with van der Waals surface area (Å²) in [7, 11) is 0. The summed E-state index contributed by atoms with van der Waals surface area (Å²) >= 11 is 5.86. The highest BCUT2D eigenvalue weighted by atomic mass is 35.5. The summed E-state index contributed by atoms with van der Waals surface area (Å²) in [6, 6.07) is 15.4. The Bertz CT molecular complexity index is 631. The first-order valence-corrected chi connectivity index (χ1v) is 8.02. The van der Waals surface area contributed by atoms with Gasteiger partial charge in [-0.05, 0) is 66.3 Å². The van der Waals surface area contributed by atoms with Gasteiger partial charge in [0.15, 0.2) is 0 Å². The highest BCUT2D eigenvalue weighted by Gasteiger charge is 2.53. The third kappa shape index (κ3) is 2.92. The van der Waals surface area contributed by atoms with Gasteiger partial charge < -0.3 is 14.8 Å². The van der Waals surface area contributed by atoms with Gasteiger partial charge in [-0.2, -0.15) is 0 Å². The van der Waals surface area contributed by atoms with E-state index in [1.165, 1.54) is 0 Å². The molecule has 1 saturated carbocycles. The molecule has 4 heteroatoms. The van der Waals surface area contributed by atoms with E-state index < -0.39 is 0 Å². The molecule has 0 bridgehead atoms. The molecule has 1 N–H and O–H groups in total. The highest BCUT2D eigenvalue weighted by Crippen LogP contribution is 2.50. The van der Waals surface area contributed by atoms with Gasteiger partial charge in [-0.25, -0.2) is 0 Å². The quantitative estimate of drug-likeness (QED) is 0.885. The number of rotatable bonds is 5. The fourth-order valence-electron chi connectivity index (χ4n) is 3.18. The molecule has 0 spiro atoms. The normalized spacial score (nSPS) is 25.6. The fourth-order valence-corrected chi connectivity index (χ4v) is 3.30. The molecule has 0 aromatic heterocycles. The Morgan fingerprint density at radius 2 is 1.55 bits per heavy atom. The lowest BCUT2D eigenvalue weighted by Crippen LogP contribution is -2.09. The maximum absolute atomic E-state index is 5.86. The Kier molecular flexibility index (Phi) is 3.68. The second-order valence-corrected chi connectivity index (χ2v) is 6.43. The zero-order valence-corrected chi connectivity index (χ0v) is 12.9. The second-order valence-electron chi connectivity index (χ2n) is 5.99. The largest absolute Gasteiger partial charge is 0.457 e. The molecule has 2 atom stereocenters. The average Bonchev–Trinajstić information content (AvgIpc) is 2.97. The molecule has 1 heterocycles. The van der Waals surface area contributed by atoms with E-state index in [1.54, 1.807) is 0 Å². The van der Waals surface area contributed by atoms with Crippen LogP contribution in [0.25, 0.3) is 0 Å². The number of anilines is 1. The number of benzene rings is 2.